The zero-order valence-corrected chi connectivity index (χ0v) is 17.8. The number of hydrogen-bond donors (Lipinski definition) is 1. The Morgan fingerprint density at radius 2 is 2.14 bits per heavy atom. The molecule has 1 saturated heterocycles. The van der Waals surface area contributed by atoms with Gasteiger partial charge in [-0.1, -0.05) is 17.7 Å². The summed E-state index contributed by atoms with van der Waals surface area (Å²) in [5.74, 6) is 1.89. The molecule has 0 radical (unpaired) electrons. The number of hydrogen-bond acceptors (Lipinski definition) is 4. The van der Waals surface area contributed by atoms with Crippen molar-refractivity contribution in [3.63, 3.8) is 0 Å². The Hall–Kier alpha value is -2.54. The van der Waals surface area contributed by atoms with E-state index < -0.39 is 0 Å². The average Bonchev–Trinajstić information content (AvgIpc) is 3.17. The number of unbranched alkanes of at least 4 members (excludes halogenated alkanes) is 1. The molecular weight excluding hydrogens is 366 g/mol. The monoisotopic (exact) mass is 399 g/mol. The standard InChI is InChI=1S/C22H33N5O2/c1-4-23-22(24-11-5-6-13-28-20-9-7-18(2)8-10-20)27-12-14-29-21(17-27)19-15-25-26(3)16-19/h7-10,15-16,21H,4-6,11-14,17H2,1-3H3,(H,23,24). The smallest absolute Gasteiger partial charge is 0.194 e. The molecule has 29 heavy (non-hydrogen) atoms. The van der Waals surface area contributed by atoms with Crippen LogP contribution in [0.15, 0.2) is 41.7 Å². The Kier molecular flexibility index (Phi) is 7.93. The van der Waals surface area contributed by atoms with E-state index in [1.807, 2.05) is 36.3 Å². The number of benzene rings is 1. The van der Waals surface area contributed by atoms with Crippen molar-refractivity contribution < 1.29 is 9.47 Å². The molecule has 0 bridgehead atoms. The van der Waals surface area contributed by atoms with Crippen LogP contribution in [0, 0.1) is 6.92 Å². The molecule has 1 aliphatic heterocycles. The molecule has 0 spiro atoms. The zero-order chi connectivity index (χ0) is 20.5. The van der Waals surface area contributed by atoms with Crippen LogP contribution in [0.4, 0.5) is 0 Å². The fourth-order valence-electron chi connectivity index (χ4n) is 3.30. The third-order valence-corrected chi connectivity index (χ3v) is 4.90. The molecule has 0 saturated carbocycles. The second kappa shape index (κ2) is 10.9. The highest BCUT2D eigenvalue weighted by atomic mass is 16.5. The predicted octanol–water partition coefficient (Wildman–Crippen LogP) is 2.93. The number of aromatic nitrogens is 2. The van der Waals surface area contributed by atoms with E-state index in [1.54, 1.807) is 0 Å². The minimum absolute atomic E-state index is 0.0317. The van der Waals surface area contributed by atoms with Gasteiger partial charge in [-0.3, -0.25) is 9.67 Å². The highest BCUT2D eigenvalue weighted by Crippen LogP contribution is 2.21. The first-order chi connectivity index (χ1) is 14.2. The molecule has 2 heterocycles. The van der Waals surface area contributed by atoms with Gasteiger partial charge in [-0.25, -0.2) is 0 Å². The van der Waals surface area contributed by atoms with Crippen LogP contribution < -0.4 is 10.1 Å². The van der Waals surface area contributed by atoms with Gasteiger partial charge in [0.1, 0.15) is 11.9 Å². The number of nitrogens with one attached hydrogen (secondary N) is 1. The molecule has 1 unspecified atom stereocenters. The molecule has 0 aliphatic carbocycles. The van der Waals surface area contributed by atoms with Crippen LogP contribution in [0.3, 0.4) is 0 Å². The number of aryl methyl sites for hydroxylation is 2. The molecule has 2 aromatic rings. The molecule has 1 N–H and O–H groups in total. The predicted molar refractivity (Wildman–Crippen MR) is 115 cm³/mol. The van der Waals surface area contributed by atoms with Gasteiger partial charge < -0.3 is 19.7 Å². The molecule has 0 amide bonds. The van der Waals surface area contributed by atoms with Crippen molar-refractivity contribution in [1.82, 2.24) is 20.0 Å². The van der Waals surface area contributed by atoms with Gasteiger partial charge >= 0.3 is 0 Å². The van der Waals surface area contributed by atoms with E-state index in [0.29, 0.717) is 6.61 Å². The number of aliphatic imine (C=N–C) groups is 1. The first kappa shape index (κ1) is 21.2. The Bertz CT molecular complexity index is 772. The molecule has 1 fully saturated rings. The first-order valence-electron chi connectivity index (χ1n) is 10.5. The third kappa shape index (κ3) is 6.49. The van der Waals surface area contributed by atoms with Crippen molar-refractivity contribution in [3.05, 3.63) is 47.8 Å². The van der Waals surface area contributed by atoms with Gasteiger partial charge in [0.15, 0.2) is 5.96 Å². The van der Waals surface area contributed by atoms with Crippen molar-refractivity contribution in [1.29, 1.82) is 0 Å². The van der Waals surface area contributed by atoms with Crippen LogP contribution in [0.1, 0.15) is 37.0 Å². The van der Waals surface area contributed by atoms with E-state index >= 15 is 0 Å². The fraction of sp³-hybridized carbons (Fsp3) is 0.545. The lowest BCUT2D eigenvalue weighted by molar-refractivity contribution is -0.00804. The number of ether oxygens (including phenoxy) is 2. The molecule has 1 aromatic heterocycles. The fourth-order valence-corrected chi connectivity index (χ4v) is 3.30. The van der Waals surface area contributed by atoms with Gasteiger partial charge in [-0.2, -0.15) is 5.10 Å². The number of rotatable bonds is 8. The summed E-state index contributed by atoms with van der Waals surface area (Å²) in [7, 11) is 1.93. The van der Waals surface area contributed by atoms with Crippen LogP contribution >= 0.6 is 0 Å². The molecule has 7 nitrogen and oxygen atoms in total. The lowest BCUT2D eigenvalue weighted by Gasteiger charge is -2.34. The van der Waals surface area contributed by atoms with Crippen molar-refractivity contribution >= 4 is 5.96 Å². The summed E-state index contributed by atoms with van der Waals surface area (Å²) >= 11 is 0. The lowest BCUT2D eigenvalue weighted by Crippen LogP contribution is -2.48. The summed E-state index contributed by atoms with van der Waals surface area (Å²) in [6.07, 6.45) is 5.91. The maximum absolute atomic E-state index is 5.95. The Morgan fingerprint density at radius 3 is 2.86 bits per heavy atom. The van der Waals surface area contributed by atoms with Crippen LogP contribution in [-0.4, -0.2) is 60.0 Å². The number of nitrogens with zero attached hydrogens (tertiary/aromatic N) is 4. The van der Waals surface area contributed by atoms with E-state index in [4.69, 9.17) is 14.5 Å². The molecule has 158 valence electrons. The number of morpholine rings is 1. The van der Waals surface area contributed by atoms with Gasteiger partial charge in [0.25, 0.3) is 0 Å². The van der Waals surface area contributed by atoms with Crippen molar-refractivity contribution in [2.45, 2.75) is 32.8 Å². The largest absolute Gasteiger partial charge is 0.494 e. The SMILES string of the molecule is CCNC(=NCCCCOc1ccc(C)cc1)N1CCOC(c2cnn(C)c2)C1. The van der Waals surface area contributed by atoms with E-state index in [9.17, 15) is 0 Å². The Labute approximate surface area is 173 Å². The molecule has 1 aromatic carbocycles. The second-order valence-corrected chi connectivity index (χ2v) is 7.36. The van der Waals surface area contributed by atoms with Crippen LogP contribution in [-0.2, 0) is 11.8 Å². The van der Waals surface area contributed by atoms with Crippen LogP contribution in [0.5, 0.6) is 5.75 Å². The maximum Gasteiger partial charge on any atom is 0.194 e. The summed E-state index contributed by atoms with van der Waals surface area (Å²) in [5, 5.41) is 7.68. The van der Waals surface area contributed by atoms with E-state index in [1.165, 1.54) is 5.56 Å². The van der Waals surface area contributed by atoms with E-state index in [0.717, 1.165) is 62.9 Å². The maximum atomic E-state index is 5.95. The van der Waals surface area contributed by atoms with Crippen molar-refractivity contribution in [2.75, 3.05) is 39.4 Å². The van der Waals surface area contributed by atoms with Crippen molar-refractivity contribution in [2.24, 2.45) is 12.0 Å². The number of guanidine groups is 1. The van der Waals surface area contributed by atoms with Crippen LogP contribution in [0.2, 0.25) is 0 Å². The zero-order valence-electron chi connectivity index (χ0n) is 17.8. The summed E-state index contributed by atoms with van der Waals surface area (Å²) in [6, 6.07) is 8.19. The van der Waals surface area contributed by atoms with Gasteiger partial charge in [0, 0.05) is 38.4 Å². The summed E-state index contributed by atoms with van der Waals surface area (Å²) in [5.41, 5.74) is 2.36. The Balaban J connectivity index is 1.45. The second-order valence-electron chi connectivity index (χ2n) is 7.36. The highest BCUT2D eigenvalue weighted by molar-refractivity contribution is 5.80. The summed E-state index contributed by atoms with van der Waals surface area (Å²) in [4.78, 5) is 7.11. The molecule has 3 rings (SSSR count). The van der Waals surface area contributed by atoms with Crippen molar-refractivity contribution in [3.8, 4) is 5.75 Å². The normalized spacial score (nSPS) is 17.4. The first-order valence-corrected chi connectivity index (χ1v) is 10.5. The quantitative estimate of drug-likeness (QED) is 0.420. The molecule has 7 heteroatoms. The summed E-state index contributed by atoms with van der Waals surface area (Å²) in [6.45, 7) is 8.86. The van der Waals surface area contributed by atoms with E-state index in [2.05, 4.69) is 41.3 Å². The van der Waals surface area contributed by atoms with Gasteiger partial charge in [0.05, 0.1) is 26.0 Å². The highest BCUT2D eigenvalue weighted by Gasteiger charge is 2.25. The Morgan fingerprint density at radius 1 is 1.31 bits per heavy atom. The van der Waals surface area contributed by atoms with Gasteiger partial charge in [-0.15, -0.1) is 0 Å². The summed E-state index contributed by atoms with van der Waals surface area (Å²) < 4.78 is 13.6. The topological polar surface area (TPSA) is 63.9 Å². The minimum atomic E-state index is 0.0317. The van der Waals surface area contributed by atoms with Crippen LogP contribution in [0.25, 0.3) is 0 Å². The minimum Gasteiger partial charge on any atom is -0.494 e. The third-order valence-electron chi connectivity index (χ3n) is 4.90. The molecule has 1 atom stereocenters. The average molecular weight is 400 g/mol. The molecule has 1 aliphatic rings. The van der Waals surface area contributed by atoms with Gasteiger partial charge in [0.2, 0.25) is 0 Å². The molecular formula is C22H33N5O2. The van der Waals surface area contributed by atoms with E-state index in [-0.39, 0.29) is 6.10 Å². The van der Waals surface area contributed by atoms with Gasteiger partial charge in [-0.05, 0) is 38.8 Å². The lowest BCUT2D eigenvalue weighted by atomic mass is 10.1.